The molecule has 5 nitrogen and oxygen atoms in total. The second-order valence-corrected chi connectivity index (χ2v) is 5.68. The standard InChI is InChI=1S/C18H17ClFNO4/c1-12-2-5-14(6-3-12)24-9-8-18(23)25-11-17(22)21-16-7-4-13(19)10-15(16)20/h2-7,10H,8-9,11H2,1H3,(H,21,22). The van der Waals surface area contributed by atoms with E-state index < -0.39 is 24.3 Å². The molecule has 0 aliphatic heterocycles. The molecule has 7 heteroatoms. The van der Waals surface area contributed by atoms with Gasteiger partial charge in [-0.15, -0.1) is 0 Å². The first kappa shape index (κ1) is 18.7. The van der Waals surface area contributed by atoms with Crippen LogP contribution in [-0.2, 0) is 14.3 Å². The van der Waals surface area contributed by atoms with Crippen molar-refractivity contribution in [3.05, 3.63) is 58.9 Å². The maximum Gasteiger partial charge on any atom is 0.309 e. The van der Waals surface area contributed by atoms with Gasteiger partial charge in [-0.05, 0) is 37.3 Å². The number of ether oxygens (including phenoxy) is 2. The highest BCUT2D eigenvalue weighted by atomic mass is 35.5. The lowest BCUT2D eigenvalue weighted by Gasteiger charge is -2.08. The van der Waals surface area contributed by atoms with Crippen molar-refractivity contribution in [1.82, 2.24) is 0 Å². The van der Waals surface area contributed by atoms with E-state index in [0.717, 1.165) is 11.6 Å². The molecule has 0 spiro atoms. The molecule has 25 heavy (non-hydrogen) atoms. The number of nitrogens with one attached hydrogen (secondary N) is 1. The van der Waals surface area contributed by atoms with Crippen LogP contribution in [0.2, 0.25) is 5.02 Å². The van der Waals surface area contributed by atoms with Crippen LogP contribution in [0.15, 0.2) is 42.5 Å². The zero-order valence-corrected chi connectivity index (χ0v) is 14.3. The van der Waals surface area contributed by atoms with Crippen molar-refractivity contribution < 1.29 is 23.5 Å². The van der Waals surface area contributed by atoms with Gasteiger partial charge in [0.1, 0.15) is 11.6 Å². The monoisotopic (exact) mass is 365 g/mol. The van der Waals surface area contributed by atoms with E-state index in [-0.39, 0.29) is 23.7 Å². The van der Waals surface area contributed by atoms with Crippen molar-refractivity contribution in [2.24, 2.45) is 0 Å². The Hall–Kier alpha value is -2.60. The predicted molar refractivity (Wildman–Crippen MR) is 92.3 cm³/mol. The fraction of sp³-hybridized carbons (Fsp3) is 0.222. The molecule has 0 atom stereocenters. The van der Waals surface area contributed by atoms with Crippen LogP contribution >= 0.6 is 11.6 Å². The number of hydrogen-bond donors (Lipinski definition) is 1. The number of amides is 1. The maximum atomic E-state index is 13.5. The van der Waals surface area contributed by atoms with Gasteiger partial charge in [-0.1, -0.05) is 29.3 Å². The van der Waals surface area contributed by atoms with Gasteiger partial charge < -0.3 is 14.8 Å². The van der Waals surface area contributed by atoms with E-state index in [2.05, 4.69) is 5.32 Å². The molecule has 132 valence electrons. The summed E-state index contributed by atoms with van der Waals surface area (Å²) in [6.07, 6.45) is -0.00351. The molecule has 0 aromatic heterocycles. The zero-order valence-electron chi connectivity index (χ0n) is 13.6. The molecule has 0 aliphatic carbocycles. The summed E-state index contributed by atoms with van der Waals surface area (Å²) in [6.45, 7) is 1.59. The summed E-state index contributed by atoms with van der Waals surface area (Å²) in [6, 6.07) is 11.2. The lowest BCUT2D eigenvalue weighted by molar-refractivity contribution is -0.147. The molecule has 0 heterocycles. The number of carbonyl (C=O) groups excluding carboxylic acids is 2. The van der Waals surface area contributed by atoms with Crippen LogP contribution in [0.25, 0.3) is 0 Å². The van der Waals surface area contributed by atoms with Crippen molar-refractivity contribution >= 4 is 29.2 Å². The summed E-state index contributed by atoms with van der Waals surface area (Å²) >= 11 is 5.62. The Labute approximate surface area is 149 Å². The van der Waals surface area contributed by atoms with Crippen molar-refractivity contribution in [1.29, 1.82) is 0 Å². The molecule has 0 fully saturated rings. The number of aryl methyl sites for hydroxylation is 1. The van der Waals surface area contributed by atoms with Crippen molar-refractivity contribution in [2.75, 3.05) is 18.5 Å². The van der Waals surface area contributed by atoms with E-state index in [1.807, 2.05) is 19.1 Å². The second-order valence-electron chi connectivity index (χ2n) is 5.24. The molecule has 2 rings (SSSR count). The third-order valence-electron chi connectivity index (χ3n) is 3.17. The number of benzene rings is 2. The Bertz CT molecular complexity index is 749. The second kappa shape index (κ2) is 9.03. The third-order valence-corrected chi connectivity index (χ3v) is 3.40. The van der Waals surface area contributed by atoms with E-state index in [4.69, 9.17) is 21.1 Å². The molecule has 1 N–H and O–H groups in total. The minimum atomic E-state index is -0.668. The third kappa shape index (κ3) is 6.43. The molecule has 0 aliphatic rings. The van der Waals surface area contributed by atoms with Crippen molar-refractivity contribution in [3.8, 4) is 5.75 Å². The lowest BCUT2D eigenvalue weighted by Crippen LogP contribution is -2.22. The first-order chi connectivity index (χ1) is 11.9. The van der Waals surface area contributed by atoms with E-state index in [9.17, 15) is 14.0 Å². The molecule has 0 bridgehead atoms. The summed E-state index contributed by atoms with van der Waals surface area (Å²) in [7, 11) is 0. The van der Waals surface area contributed by atoms with Gasteiger partial charge >= 0.3 is 5.97 Å². The summed E-state index contributed by atoms with van der Waals surface area (Å²) in [4.78, 5) is 23.2. The van der Waals surface area contributed by atoms with E-state index >= 15 is 0 Å². The first-order valence-corrected chi connectivity index (χ1v) is 7.92. The van der Waals surface area contributed by atoms with Crippen LogP contribution in [0.3, 0.4) is 0 Å². The molecule has 0 unspecified atom stereocenters. The molecular formula is C18H17ClFNO4. The summed E-state index contributed by atoms with van der Waals surface area (Å²) < 4.78 is 23.8. The van der Waals surface area contributed by atoms with E-state index in [1.54, 1.807) is 12.1 Å². The maximum absolute atomic E-state index is 13.5. The van der Waals surface area contributed by atoms with Crippen molar-refractivity contribution in [2.45, 2.75) is 13.3 Å². The summed E-state index contributed by atoms with van der Waals surface area (Å²) in [5.74, 6) is -1.25. The molecular weight excluding hydrogens is 349 g/mol. The highest BCUT2D eigenvalue weighted by molar-refractivity contribution is 6.30. The van der Waals surface area contributed by atoms with Gasteiger partial charge in [0.25, 0.3) is 5.91 Å². The number of rotatable bonds is 7. The first-order valence-electron chi connectivity index (χ1n) is 7.54. The van der Waals surface area contributed by atoms with Crippen LogP contribution < -0.4 is 10.1 Å². The summed E-state index contributed by atoms with van der Waals surface area (Å²) in [5, 5.41) is 2.52. The van der Waals surface area contributed by atoms with Gasteiger partial charge in [0.05, 0.1) is 18.7 Å². The lowest BCUT2D eigenvalue weighted by atomic mass is 10.2. The Balaban J connectivity index is 1.68. The smallest absolute Gasteiger partial charge is 0.309 e. The van der Waals surface area contributed by atoms with Gasteiger partial charge in [0, 0.05) is 5.02 Å². The van der Waals surface area contributed by atoms with E-state index in [0.29, 0.717) is 5.75 Å². The molecule has 2 aromatic carbocycles. The molecule has 0 radical (unpaired) electrons. The zero-order chi connectivity index (χ0) is 18.2. The number of carbonyl (C=O) groups is 2. The summed E-state index contributed by atoms with van der Waals surface area (Å²) in [5.41, 5.74) is 1.07. The van der Waals surface area contributed by atoms with Gasteiger partial charge in [0.15, 0.2) is 6.61 Å². The Morgan fingerprint density at radius 3 is 2.56 bits per heavy atom. The molecule has 0 saturated carbocycles. The van der Waals surface area contributed by atoms with E-state index in [1.165, 1.54) is 12.1 Å². The van der Waals surface area contributed by atoms with Crippen LogP contribution in [0.5, 0.6) is 5.75 Å². The molecule has 1 amide bonds. The predicted octanol–water partition coefficient (Wildman–Crippen LogP) is 3.74. The van der Waals surface area contributed by atoms with Crippen molar-refractivity contribution in [3.63, 3.8) is 0 Å². The highest BCUT2D eigenvalue weighted by Crippen LogP contribution is 2.18. The number of hydrogen-bond acceptors (Lipinski definition) is 4. The fourth-order valence-electron chi connectivity index (χ4n) is 1.88. The number of esters is 1. The SMILES string of the molecule is Cc1ccc(OCCC(=O)OCC(=O)Nc2ccc(Cl)cc2F)cc1. The van der Waals surface area contributed by atoms with Crippen LogP contribution in [0.1, 0.15) is 12.0 Å². The highest BCUT2D eigenvalue weighted by Gasteiger charge is 2.11. The number of halogens is 2. The van der Waals surface area contributed by atoms with Crippen LogP contribution in [0, 0.1) is 12.7 Å². The van der Waals surface area contributed by atoms with Crippen LogP contribution in [0.4, 0.5) is 10.1 Å². The van der Waals surface area contributed by atoms with Gasteiger partial charge in [-0.3, -0.25) is 9.59 Å². The molecule has 0 saturated heterocycles. The number of anilines is 1. The fourth-order valence-corrected chi connectivity index (χ4v) is 2.04. The van der Waals surface area contributed by atoms with Gasteiger partial charge in [-0.2, -0.15) is 0 Å². The van der Waals surface area contributed by atoms with Gasteiger partial charge in [-0.25, -0.2) is 4.39 Å². The average Bonchev–Trinajstić information content (AvgIpc) is 2.57. The van der Waals surface area contributed by atoms with Crippen LogP contribution in [-0.4, -0.2) is 25.1 Å². The Morgan fingerprint density at radius 1 is 1.16 bits per heavy atom. The topological polar surface area (TPSA) is 64.6 Å². The minimum Gasteiger partial charge on any atom is -0.493 e. The minimum absolute atomic E-state index is 0.00351. The van der Waals surface area contributed by atoms with Gasteiger partial charge in [0.2, 0.25) is 0 Å². The average molecular weight is 366 g/mol. The largest absolute Gasteiger partial charge is 0.493 e. The quantitative estimate of drug-likeness (QED) is 0.759. The molecule has 2 aromatic rings. The normalized spacial score (nSPS) is 10.2. The Morgan fingerprint density at radius 2 is 1.88 bits per heavy atom. The Kier molecular flexibility index (Phi) is 6.77.